The lowest BCUT2D eigenvalue weighted by Crippen LogP contribution is -2.44. The highest BCUT2D eigenvalue weighted by Crippen LogP contribution is 2.35. The molecule has 0 bridgehead atoms. The number of hydrogen-bond acceptors (Lipinski definition) is 3. The Bertz CT molecular complexity index is 1010. The molecule has 3 aromatic rings. The van der Waals surface area contributed by atoms with Gasteiger partial charge in [0.2, 0.25) is 5.91 Å². The van der Waals surface area contributed by atoms with Crippen molar-refractivity contribution in [2.45, 2.75) is 37.1 Å². The van der Waals surface area contributed by atoms with Crippen molar-refractivity contribution in [3.8, 4) is 5.75 Å². The molecule has 0 spiro atoms. The monoisotopic (exact) mass is 466 g/mol. The van der Waals surface area contributed by atoms with Gasteiger partial charge in [0.15, 0.2) is 0 Å². The van der Waals surface area contributed by atoms with Crippen molar-refractivity contribution in [3.05, 3.63) is 89.2 Å². The fourth-order valence-corrected chi connectivity index (χ4v) is 4.73. The van der Waals surface area contributed by atoms with Crippen molar-refractivity contribution in [2.24, 2.45) is 0 Å². The van der Waals surface area contributed by atoms with Gasteiger partial charge in [-0.2, -0.15) is 0 Å². The van der Waals surface area contributed by atoms with Gasteiger partial charge in [-0.05, 0) is 60.4 Å². The Hall–Kier alpha value is -2.76. The fraction of sp³-hybridized carbons (Fsp3) is 0.370. The lowest BCUT2D eigenvalue weighted by molar-refractivity contribution is -0.122. The molecule has 1 aromatic heterocycles. The van der Waals surface area contributed by atoms with Crippen LogP contribution < -0.4 is 10.1 Å². The fourth-order valence-electron chi connectivity index (χ4n) is 4.61. The molecule has 1 saturated heterocycles. The van der Waals surface area contributed by atoms with Crippen molar-refractivity contribution in [1.29, 1.82) is 0 Å². The van der Waals surface area contributed by atoms with E-state index < -0.39 is 0 Å². The van der Waals surface area contributed by atoms with Crippen LogP contribution >= 0.6 is 11.6 Å². The molecule has 1 atom stereocenters. The van der Waals surface area contributed by atoms with E-state index in [2.05, 4.69) is 22.0 Å². The molecule has 2 heterocycles. The van der Waals surface area contributed by atoms with E-state index in [0.717, 1.165) is 30.7 Å². The Labute approximate surface area is 200 Å². The largest absolute Gasteiger partial charge is 0.497 e. The molecule has 174 valence electrons. The summed E-state index contributed by atoms with van der Waals surface area (Å²) in [4.78, 5) is 13.1. The van der Waals surface area contributed by atoms with E-state index in [1.54, 1.807) is 7.11 Å². The maximum atomic E-state index is 13.1. The van der Waals surface area contributed by atoms with Gasteiger partial charge in [0.05, 0.1) is 7.11 Å². The third kappa shape index (κ3) is 5.98. The third-order valence-corrected chi connectivity index (χ3v) is 6.90. The van der Waals surface area contributed by atoms with Gasteiger partial charge in [0.25, 0.3) is 0 Å². The van der Waals surface area contributed by atoms with Crippen molar-refractivity contribution < 1.29 is 14.3 Å². The number of methoxy groups -OCH3 is 1. The van der Waals surface area contributed by atoms with Gasteiger partial charge in [-0.3, -0.25) is 4.79 Å². The van der Waals surface area contributed by atoms with E-state index in [1.165, 1.54) is 5.56 Å². The standard InChI is InChI=1S/C27H31ClN2O3/c1-32-25-10-6-23(7-11-25)27(12-16-33-17-13-27)20-29-26(31)18-22(19-30-14-2-3-15-30)21-4-8-24(28)9-5-21/h2-11,14-15,22H,12-13,16-20H2,1H3,(H,29,31)/t22-/m0/s1. The number of nitrogens with zero attached hydrogens (tertiary/aromatic N) is 1. The van der Waals surface area contributed by atoms with Crippen LogP contribution in [0.1, 0.15) is 36.3 Å². The summed E-state index contributed by atoms with van der Waals surface area (Å²) in [6.45, 7) is 2.73. The average Bonchev–Trinajstić information content (AvgIpc) is 3.37. The summed E-state index contributed by atoms with van der Waals surface area (Å²) < 4.78 is 13.1. The van der Waals surface area contributed by atoms with Crippen molar-refractivity contribution >= 4 is 17.5 Å². The van der Waals surface area contributed by atoms with Crippen LogP contribution in [0.4, 0.5) is 0 Å². The van der Waals surface area contributed by atoms with E-state index in [-0.39, 0.29) is 17.2 Å². The second kappa shape index (κ2) is 10.9. The molecule has 0 saturated carbocycles. The molecule has 6 heteroatoms. The van der Waals surface area contributed by atoms with Gasteiger partial charge in [0, 0.05) is 61.5 Å². The van der Waals surface area contributed by atoms with Crippen molar-refractivity contribution in [3.63, 3.8) is 0 Å². The van der Waals surface area contributed by atoms with E-state index in [4.69, 9.17) is 21.1 Å². The Morgan fingerprint density at radius 2 is 1.76 bits per heavy atom. The highest BCUT2D eigenvalue weighted by molar-refractivity contribution is 6.30. The van der Waals surface area contributed by atoms with Crippen LogP contribution in [0.15, 0.2) is 73.1 Å². The quantitative estimate of drug-likeness (QED) is 0.472. The number of rotatable bonds is 9. The molecular formula is C27H31ClN2O3. The summed E-state index contributed by atoms with van der Waals surface area (Å²) in [5.41, 5.74) is 2.20. The first-order valence-corrected chi connectivity index (χ1v) is 11.8. The second-order valence-corrected chi connectivity index (χ2v) is 9.17. The maximum Gasteiger partial charge on any atom is 0.220 e. The first-order chi connectivity index (χ1) is 16.1. The molecule has 0 unspecified atom stereocenters. The van der Waals surface area contributed by atoms with Crippen molar-refractivity contribution in [2.75, 3.05) is 26.9 Å². The summed E-state index contributed by atoms with van der Waals surface area (Å²) in [6, 6.07) is 20.0. The summed E-state index contributed by atoms with van der Waals surface area (Å²) >= 11 is 6.09. The van der Waals surface area contributed by atoms with E-state index >= 15 is 0 Å². The number of carbonyl (C=O) groups excluding carboxylic acids is 1. The summed E-state index contributed by atoms with van der Waals surface area (Å²) in [5.74, 6) is 0.948. The topological polar surface area (TPSA) is 52.5 Å². The van der Waals surface area contributed by atoms with Crippen LogP contribution in [0.25, 0.3) is 0 Å². The normalized spacial score (nSPS) is 16.2. The zero-order chi connectivity index (χ0) is 23.1. The van der Waals surface area contributed by atoms with Gasteiger partial charge >= 0.3 is 0 Å². The van der Waals surface area contributed by atoms with E-state index in [9.17, 15) is 4.79 Å². The minimum Gasteiger partial charge on any atom is -0.497 e. The number of hydrogen-bond donors (Lipinski definition) is 1. The highest BCUT2D eigenvalue weighted by atomic mass is 35.5. The van der Waals surface area contributed by atoms with E-state index in [0.29, 0.717) is 31.2 Å². The lowest BCUT2D eigenvalue weighted by atomic mass is 9.74. The Morgan fingerprint density at radius 3 is 2.39 bits per heavy atom. The molecule has 1 aliphatic heterocycles. The summed E-state index contributed by atoms with van der Waals surface area (Å²) in [6.07, 6.45) is 6.23. The highest BCUT2D eigenvalue weighted by Gasteiger charge is 2.35. The predicted molar refractivity (Wildman–Crippen MR) is 131 cm³/mol. The summed E-state index contributed by atoms with van der Waals surface area (Å²) in [7, 11) is 1.67. The molecule has 4 rings (SSSR count). The molecule has 0 aliphatic carbocycles. The molecule has 1 fully saturated rings. The van der Waals surface area contributed by atoms with Gasteiger partial charge in [-0.1, -0.05) is 35.9 Å². The minimum atomic E-state index is -0.129. The molecule has 1 N–H and O–H groups in total. The minimum absolute atomic E-state index is 0.0568. The van der Waals surface area contributed by atoms with Gasteiger partial charge in [-0.15, -0.1) is 0 Å². The molecule has 0 radical (unpaired) electrons. The zero-order valence-electron chi connectivity index (χ0n) is 19.0. The van der Waals surface area contributed by atoms with Crippen LogP contribution in [-0.4, -0.2) is 37.3 Å². The number of nitrogens with one attached hydrogen (secondary N) is 1. The predicted octanol–water partition coefficient (Wildman–Crippen LogP) is 5.19. The number of halogens is 1. The van der Waals surface area contributed by atoms with Gasteiger partial charge in [-0.25, -0.2) is 0 Å². The average molecular weight is 467 g/mol. The number of benzene rings is 2. The number of ether oxygens (including phenoxy) is 2. The second-order valence-electron chi connectivity index (χ2n) is 8.73. The maximum absolute atomic E-state index is 13.1. The van der Waals surface area contributed by atoms with Crippen LogP contribution in [0.2, 0.25) is 5.02 Å². The van der Waals surface area contributed by atoms with Crippen LogP contribution in [0.3, 0.4) is 0 Å². The lowest BCUT2D eigenvalue weighted by Gasteiger charge is -2.38. The number of aromatic nitrogens is 1. The molecule has 2 aromatic carbocycles. The Kier molecular flexibility index (Phi) is 7.73. The van der Waals surface area contributed by atoms with Crippen molar-refractivity contribution in [1.82, 2.24) is 9.88 Å². The van der Waals surface area contributed by atoms with Crippen LogP contribution in [0.5, 0.6) is 5.75 Å². The van der Waals surface area contributed by atoms with Crippen LogP contribution in [-0.2, 0) is 21.5 Å². The molecule has 33 heavy (non-hydrogen) atoms. The molecule has 1 aliphatic rings. The molecular weight excluding hydrogens is 436 g/mol. The summed E-state index contributed by atoms with van der Waals surface area (Å²) in [5, 5.41) is 3.95. The first kappa shape index (κ1) is 23.4. The number of carbonyl (C=O) groups is 1. The first-order valence-electron chi connectivity index (χ1n) is 11.4. The zero-order valence-corrected chi connectivity index (χ0v) is 19.8. The smallest absolute Gasteiger partial charge is 0.220 e. The van der Waals surface area contributed by atoms with Gasteiger partial charge < -0.3 is 19.4 Å². The molecule has 5 nitrogen and oxygen atoms in total. The Morgan fingerprint density at radius 1 is 1.09 bits per heavy atom. The van der Waals surface area contributed by atoms with Crippen LogP contribution in [0, 0.1) is 0 Å². The number of amides is 1. The van der Waals surface area contributed by atoms with Gasteiger partial charge in [0.1, 0.15) is 5.75 Å². The van der Waals surface area contributed by atoms with E-state index in [1.807, 2.05) is 60.9 Å². The molecule has 1 amide bonds. The SMILES string of the molecule is COc1ccc(C2(CNC(=O)C[C@@H](Cn3cccc3)c3ccc(Cl)cc3)CCOCC2)cc1. The third-order valence-electron chi connectivity index (χ3n) is 6.65. The Balaban J connectivity index is 1.46.